The maximum atomic E-state index is 13.8. The van der Waals surface area contributed by atoms with E-state index in [0.717, 1.165) is 16.9 Å². The van der Waals surface area contributed by atoms with Crippen molar-refractivity contribution in [3.63, 3.8) is 0 Å². The van der Waals surface area contributed by atoms with Crippen LogP contribution in [-0.2, 0) is 11.4 Å². The summed E-state index contributed by atoms with van der Waals surface area (Å²) in [5.41, 5.74) is 6.91. The summed E-state index contributed by atoms with van der Waals surface area (Å²) in [6, 6.07) is 8.78. The Morgan fingerprint density at radius 1 is 1.29 bits per heavy atom. The van der Waals surface area contributed by atoms with Crippen LogP contribution in [-0.4, -0.2) is 18.4 Å². The SMILES string of the molecule is CNc1cccc(F)c1COc1nc(C)ccc1C.NNNC=O. The lowest BCUT2D eigenvalue weighted by Crippen LogP contribution is -2.36. The molecule has 0 aliphatic carbocycles. The molecule has 2 rings (SSSR count). The molecule has 130 valence electrons. The van der Waals surface area contributed by atoms with E-state index < -0.39 is 0 Å². The number of anilines is 1. The highest BCUT2D eigenvalue weighted by atomic mass is 19.1. The number of benzene rings is 1. The third kappa shape index (κ3) is 5.82. The van der Waals surface area contributed by atoms with Gasteiger partial charge in [-0.3, -0.25) is 16.1 Å². The Kier molecular flexibility index (Phi) is 8.17. The molecule has 5 N–H and O–H groups in total. The number of carbonyl (C=O) groups is 1. The van der Waals surface area contributed by atoms with E-state index >= 15 is 0 Å². The second-order valence-electron chi connectivity index (χ2n) is 4.79. The summed E-state index contributed by atoms with van der Waals surface area (Å²) in [5, 5.41) is 2.96. The Hall–Kier alpha value is -2.71. The monoisotopic (exact) mass is 335 g/mol. The van der Waals surface area contributed by atoms with Crippen LogP contribution >= 0.6 is 0 Å². The lowest BCUT2D eigenvalue weighted by Gasteiger charge is -2.12. The third-order valence-electron chi connectivity index (χ3n) is 3.07. The van der Waals surface area contributed by atoms with E-state index in [4.69, 9.17) is 9.53 Å². The molecule has 1 amide bonds. The number of nitrogens with zero attached hydrogens (tertiary/aromatic N) is 1. The minimum Gasteiger partial charge on any atom is -0.472 e. The Morgan fingerprint density at radius 3 is 2.62 bits per heavy atom. The van der Waals surface area contributed by atoms with Gasteiger partial charge in [0.15, 0.2) is 0 Å². The predicted molar refractivity (Wildman–Crippen MR) is 90.5 cm³/mol. The van der Waals surface area contributed by atoms with E-state index in [1.807, 2.05) is 43.0 Å². The van der Waals surface area contributed by atoms with Crippen molar-refractivity contribution in [1.82, 2.24) is 15.9 Å². The molecule has 0 unspecified atom stereocenters. The molecule has 0 atom stereocenters. The summed E-state index contributed by atoms with van der Waals surface area (Å²) >= 11 is 0. The van der Waals surface area contributed by atoms with Crippen LogP contribution in [0.15, 0.2) is 30.3 Å². The number of pyridine rings is 1. The van der Waals surface area contributed by atoms with Gasteiger partial charge in [0.1, 0.15) is 12.4 Å². The summed E-state index contributed by atoms with van der Waals surface area (Å²) in [6.07, 6.45) is 0.444. The first-order valence-corrected chi connectivity index (χ1v) is 7.20. The molecule has 0 radical (unpaired) electrons. The quantitative estimate of drug-likeness (QED) is 0.363. The van der Waals surface area contributed by atoms with Crippen molar-refractivity contribution >= 4 is 12.1 Å². The first kappa shape index (κ1) is 19.3. The van der Waals surface area contributed by atoms with Gasteiger partial charge in [-0.05, 0) is 32.0 Å². The predicted octanol–water partition coefficient (Wildman–Crippen LogP) is 1.57. The standard InChI is InChI=1S/C15H17FN2O.CH5N3O/c1-10-7-8-11(2)18-15(10)19-9-12-13(16)5-4-6-14(12)17-3;2-4-3-1-5/h4-8,17H,9H2,1-3H3;1,4H,2H2,(H,3,5). The Morgan fingerprint density at radius 2 is 2.04 bits per heavy atom. The fourth-order valence-corrected chi connectivity index (χ4v) is 1.86. The van der Waals surface area contributed by atoms with E-state index in [1.54, 1.807) is 13.1 Å². The molecule has 0 bridgehead atoms. The highest BCUT2D eigenvalue weighted by Crippen LogP contribution is 2.22. The zero-order valence-electron chi connectivity index (χ0n) is 13.9. The first-order valence-electron chi connectivity index (χ1n) is 7.20. The fourth-order valence-electron chi connectivity index (χ4n) is 1.86. The van der Waals surface area contributed by atoms with Crippen molar-refractivity contribution < 1.29 is 13.9 Å². The van der Waals surface area contributed by atoms with Crippen LogP contribution in [0, 0.1) is 19.7 Å². The van der Waals surface area contributed by atoms with Crippen molar-refractivity contribution in [2.24, 2.45) is 5.84 Å². The Balaban J connectivity index is 0.000000505. The summed E-state index contributed by atoms with van der Waals surface area (Å²) < 4.78 is 19.4. The van der Waals surface area contributed by atoms with Crippen molar-refractivity contribution in [3.8, 4) is 5.88 Å². The number of amides is 1. The van der Waals surface area contributed by atoms with Crippen molar-refractivity contribution in [1.29, 1.82) is 0 Å². The molecule has 24 heavy (non-hydrogen) atoms. The largest absolute Gasteiger partial charge is 0.472 e. The highest BCUT2D eigenvalue weighted by molar-refractivity contribution is 5.51. The topological polar surface area (TPSA) is 101 Å². The minimum atomic E-state index is -0.280. The molecular weight excluding hydrogens is 313 g/mol. The summed E-state index contributed by atoms with van der Waals surface area (Å²) in [4.78, 5) is 13.5. The molecular formula is C16H22FN5O2. The van der Waals surface area contributed by atoms with Crippen LogP contribution in [0.1, 0.15) is 16.8 Å². The van der Waals surface area contributed by atoms with Crippen LogP contribution in [0.3, 0.4) is 0 Å². The third-order valence-corrected chi connectivity index (χ3v) is 3.07. The lowest BCUT2D eigenvalue weighted by molar-refractivity contribution is -0.110. The van der Waals surface area contributed by atoms with Gasteiger partial charge < -0.3 is 10.1 Å². The lowest BCUT2D eigenvalue weighted by atomic mass is 10.2. The van der Waals surface area contributed by atoms with Gasteiger partial charge in [-0.2, -0.15) is 5.53 Å². The van der Waals surface area contributed by atoms with Gasteiger partial charge in [0.05, 0.1) is 0 Å². The average Bonchev–Trinajstić information content (AvgIpc) is 2.57. The molecule has 1 aromatic carbocycles. The number of aromatic nitrogens is 1. The molecule has 8 heteroatoms. The maximum Gasteiger partial charge on any atom is 0.222 e. The van der Waals surface area contributed by atoms with Gasteiger partial charge in [-0.15, -0.1) is 0 Å². The van der Waals surface area contributed by atoms with E-state index in [0.29, 0.717) is 17.9 Å². The zero-order chi connectivity index (χ0) is 17.9. The van der Waals surface area contributed by atoms with Gasteiger partial charge in [0.2, 0.25) is 12.3 Å². The van der Waals surface area contributed by atoms with Gasteiger partial charge >= 0.3 is 0 Å². The van der Waals surface area contributed by atoms with Crippen LogP contribution in [0.5, 0.6) is 5.88 Å². The number of carbonyl (C=O) groups excluding carboxylic acids is 1. The van der Waals surface area contributed by atoms with E-state index in [9.17, 15) is 4.39 Å². The number of rotatable bonds is 6. The molecule has 1 heterocycles. The molecule has 1 aromatic heterocycles. The number of aryl methyl sites for hydroxylation is 2. The number of hydrogen-bond donors (Lipinski definition) is 4. The molecule has 0 saturated carbocycles. The summed E-state index contributed by atoms with van der Waals surface area (Å²) in [5.74, 6) is 4.81. The van der Waals surface area contributed by atoms with Crippen LogP contribution < -0.4 is 26.9 Å². The smallest absolute Gasteiger partial charge is 0.222 e. The molecule has 0 aliphatic rings. The number of hydrazine groups is 2. The normalized spacial score (nSPS) is 9.54. The molecule has 0 aliphatic heterocycles. The van der Waals surface area contributed by atoms with Crippen molar-refractivity contribution in [3.05, 3.63) is 53.0 Å². The molecule has 0 spiro atoms. The van der Waals surface area contributed by atoms with Crippen molar-refractivity contribution in [2.75, 3.05) is 12.4 Å². The number of hydrogen-bond acceptors (Lipinski definition) is 6. The van der Waals surface area contributed by atoms with Gasteiger partial charge in [-0.25, -0.2) is 9.37 Å². The molecule has 7 nitrogen and oxygen atoms in total. The highest BCUT2D eigenvalue weighted by Gasteiger charge is 2.09. The second-order valence-corrected chi connectivity index (χ2v) is 4.79. The van der Waals surface area contributed by atoms with Crippen molar-refractivity contribution in [2.45, 2.75) is 20.5 Å². The number of nitrogens with one attached hydrogen (secondary N) is 3. The Labute approximate surface area is 140 Å². The number of ether oxygens (including phenoxy) is 1. The minimum absolute atomic E-state index is 0.153. The first-order chi connectivity index (χ1) is 11.5. The summed E-state index contributed by atoms with van der Waals surface area (Å²) in [7, 11) is 1.76. The van der Waals surface area contributed by atoms with Gasteiger partial charge in [0.25, 0.3) is 0 Å². The number of halogens is 1. The van der Waals surface area contributed by atoms with Gasteiger partial charge in [0, 0.05) is 29.6 Å². The average molecular weight is 335 g/mol. The zero-order valence-corrected chi connectivity index (χ0v) is 13.9. The fraction of sp³-hybridized carbons (Fsp3) is 0.250. The maximum absolute atomic E-state index is 13.8. The molecule has 0 fully saturated rings. The van der Waals surface area contributed by atoms with Crippen LogP contribution in [0.4, 0.5) is 10.1 Å². The van der Waals surface area contributed by atoms with E-state index in [1.165, 1.54) is 6.07 Å². The number of nitrogens with two attached hydrogens (primary N) is 1. The Bertz CT molecular complexity index is 667. The molecule has 2 aromatic rings. The van der Waals surface area contributed by atoms with Crippen LogP contribution in [0.2, 0.25) is 0 Å². The van der Waals surface area contributed by atoms with E-state index in [-0.39, 0.29) is 12.4 Å². The molecule has 0 saturated heterocycles. The van der Waals surface area contributed by atoms with E-state index in [2.05, 4.69) is 16.1 Å². The van der Waals surface area contributed by atoms with Crippen LogP contribution in [0.25, 0.3) is 0 Å². The summed E-state index contributed by atoms with van der Waals surface area (Å²) in [6.45, 7) is 3.97. The second kappa shape index (κ2) is 10.1. The van der Waals surface area contributed by atoms with Gasteiger partial charge in [-0.1, -0.05) is 12.1 Å².